The summed E-state index contributed by atoms with van der Waals surface area (Å²) in [5.74, 6) is 0.256. The first-order chi connectivity index (χ1) is 8.90. The van der Waals surface area contributed by atoms with Crippen LogP contribution in [-0.4, -0.2) is 26.2 Å². The molecule has 0 aliphatic carbocycles. The molecule has 0 radical (unpaired) electrons. The van der Waals surface area contributed by atoms with Crippen molar-refractivity contribution in [3.05, 3.63) is 29.8 Å². The quantitative estimate of drug-likeness (QED) is 0.821. The molecule has 0 saturated carbocycles. The molecule has 0 fully saturated rings. The minimum atomic E-state index is -3.79. The zero-order chi connectivity index (χ0) is 14.5. The Morgan fingerprint density at radius 1 is 1.37 bits per heavy atom. The van der Waals surface area contributed by atoms with Crippen LogP contribution < -0.4 is 4.72 Å². The molecule has 5 nitrogen and oxygen atoms in total. The van der Waals surface area contributed by atoms with Crippen molar-refractivity contribution < 1.29 is 13.5 Å². The van der Waals surface area contributed by atoms with Crippen LogP contribution in [0.3, 0.4) is 0 Å². The first-order valence-corrected chi connectivity index (χ1v) is 7.51. The molecule has 0 aromatic heterocycles. The van der Waals surface area contributed by atoms with Gasteiger partial charge in [0.05, 0.1) is 17.1 Å². The third kappa shape index (κ3) is 4.31. The van der Waals surface area contributed by atoms with Gasteiger partial charge in [0.2, 0.25) is 10.0 Å². The Morgan fingerprint density at radius 3 is 2.53 bits per heavy atom. The zero-order valence-electron chi connectivity index (χ0n) is 11.0. The highest BCUT2D eigenvalue weighted by Gasteiger charge is 2.22. The van der Waals surface area contributed by atoms with Gasteiger partial charge in [0, 0.05) is 6.04 Å². The highest BCUT2D eigenvalue weighted by Crippen LogP contribution is 2.16. The summed E-state index contributed by atoms with van der Waals surface area (Å²) in [6, 6.07) is 7.30. The van der Waals surface area contributed by atoms with E-state index in [9.17, 15) is 13.5 Å². The van der Waals surface area contributed by atoms with Gasteiger partial charge in [-0.15, -0.1) is 0 Å². The van der Waals surface area contributed by atoms with Crippen LogP contribution in [0.25, 0.3) is 0 Å². The SMILES string of the molecule is CC(C)CC(CO)NS(=O)(=O)c1ccccc1C#N. The van der Waals surface area contributed by atoms with E-state index in [1.807, 2.05) is 19.9 Å². The number of benzene rings is 1. The van der Waals surface area contributed by atoms with Gasteiger partial charge in [-0.1, -0.05) is 26.0 Å². The smallest absolute Gasteiger partial charge is 0.242 e. The van der Waals surface area contributed by atoms with Crippen molar-refractivity contribution in [3.63, 3.8) is 0 Å². The Hall–Kier alpha value is -1.42. The lowest BCUT2D eigenvalue weighted by molar-refractivity contribution is 0.240. The van der Waals surface area contributed by atoms with E-state index < -0.39 is 16.1 Å². The van der Waals surface area contributed by atoms with Gasteiger partial charge in [0.15, 0.2) is 0 Å². The summed E-state index contributed by atoms with van der Waals surface area (Å²) >= 11 is 0. The van der Waals surface area contributed by atoms with E-state index in [4.69, 9.17) is 5.26 Å². The topological polar surface area (TPSA) is 90.2 Å². The fourth-order valence-corrected chi connectivity index (χ4v) is 3.20. The van der Waals surface area contributed by atoms with Crippen LogP contribution in [0.4, 0.5) is 0 Å². The van der Waals surface area contributed by atoms with Crippen LogP contribution in [0.1, 0.15) is 25.8 Å². The normalized spacial score (nSPS) is 13.2. The standard InChI is InChI=1S/C13H18N2O3S/c1-10(2)7-12(9-16)15-19(17,18)13-6-4-3-5-11(13)8-14/h3-6,10,12,15-16H,7,9H2,1-2H3. The van der Waals surface area contributed by atoms with Crippen LogP contribution >= 0.6 is 0 Å². The Bertz CT molecular complexity index is 561. The summed E-state index contributed by atoms with van der Waals surface area (Å²) < 4.78 is 26.8. The molecule has 19 heavy (non-hydrogen) atoms. The second kappa shape index (κ2) is 6.66. The second-order valence-electron chi connectivity index (χ2n) is 4.74. The lowest BCUT2D eigenvalue weighted by Crippen LogP contribution is -2.38. The van der Waals surface area contributed by atoms with Gasteiger partial charge in [-0.2, -0.15) is 5.26 Å². The summed E-state index contributed by atoms with van der Waals surface area (Å²) in [6.07, 6.45) is 0.532. The number of rotatable bonds is 6. The van der Waals surface area contributed by atoms with Crippen LogP contribution in [0.15, 0.2) is 29.2 Å². The van der Waals surface area contributed by atoms with E-state index in [2.05, 4.69) is 4.72 Å². The van der Waals surface area contributed by atoms with Crippen molar-refractivity contribution in [1.82, 2.24) is 4.72 Å². The fraction of sp³-hybridized carbons (Fsp3) is 0.462. The van der Waals surface area contributed by atoms with Crippen molar-refractivity contribution in [2.75, 3.05) is 6.61 Å². The van der Waals surface area contributed by atoms with Gasteiger partial charge < -0.3 is 5.11 Å². The average Bonchev–Trinajstić information content (AvgIpc) is 2.37. The lowest BCUT2D eigenvalue weighted by atomic mass is 10.1. The number of nitrogens with one attached hydrogen (secondary N) is 1. The van der Waals surface area contributed by atoms with Crippen LogP contribution in [0.5, 0.6) is 0 Å². The number of nitriles is 1. The third-order valence-corrected chi connectivity index (χ3v) is 4.17. The maximum atomic E-state index is 12.2. The van der Waals surface area contributed by atoms with Crippen LogP contribution in [0.2, 0.25) is 0 Å². The molecular weight excluding hydrogens is 264 g/mol. The molecule has 6 heteroatoms. The van der Waals surface area contributed by atoms with Crippen molar-refractivity contribution in [2.24, 2.45) is 5.92 Å². The van der Waals surface area contributed by atoms with E-state index in [0.29, 0.717) is 6.42 Å². The number of aliphatic hydroxyl groups excluding tert-OH is 1. The molecule has 0 bridgehead atoms. The number of hydrogen-bond acceptors (Lipinski definition) is 4. The fourth-order valence-electron chi connectivity index (χ4n) is 1.81. The van der Waals surface area contributed by atoms with E-state index in [0.717, 1.165) is 0 Å². The summed E-state index contributed by atoms with van der Waals surface area (Å²) in [5.41, 5.74) is 0.0937. The Kier molecular flexibility index (Phi) is 5.48. The molecule has 1 atom stereocenters. The predicted molar refractivity (Wildman–Crippen MR) is 71.8 cm³/mol. The van der Waals surface area contributed by atoms with Gasteiger partial charge in [-0.25, -0.2) is 13.1 Å². The lowest BCUT2D eigenvalue weighted by Gasteiger charge is -2.18. The summed E-state index contributed by atoms with van der Waals surface area (Å²) in [7, 11) is -3.79. The van der Waals surface area contributed by atoms with Crippen molar-refractivity contribution in [3.8, 4) is 6.07 Å². The van der Waals surface area contributed by atoms with Crippen molar-refractivity contribution in [2.45, 2.75) is 31.2 Å². The summed E-state index contributed by atoms with van der Waals surface area (Å²) in [4.78, 5) is -0.0558. The zero-order valence-corrected chi connectivity index (χ0v) is 11.8. The maximum Gasteiger partial charge on any atom is 0.242 e. The first kappa shape index (κ1) is 15.6. The molecule has 0 saturated heterocycles. The Balaban J connectivity index is 3.01. The van der Waals surface area contributed by atoms with Crippen LogP contribution in [-0.2, 0) is 10.0 Å². The third-order valence-electron chi connectivity index (χ3n) is 2.60. The number of hydrogen-bond donors (Lipinski definition) is 2. The molecule has 0 aliphatic heterocycles. The molecule has 1 rings (SSSR count). The van der Waals surface area contributed by atoms with Gasteiger partial charge in [0.25, 0.3) is 0 Å². The van der Waals surface area contributed by atoms with Gasteiger partial charge in [-0.3, -0.25) is 0 Å². The molecule has 1 aromatic carbocycles. The van der Waals surface area contributed by atoms with Gasteiger partial charge in [-0.05, 0) is 24.5 Å². The highest BCUT2D eigenvalue weighted by atomic mass is 32.2. The minimum absolute atomic E-state index is 0.0558. The number of sulfonamides is 1. The highest BCUT2D eigenvalue weighted by molar-refractivity contribution is 7.89. The molecule has 0 spiro atoms. The van der Waals surface area contributed by atoms with Gasteiger partial charge in [0.1, 0.15) is 6.07 Å². The summed E-state index contributed by atoms with van der Waals surface area (Å²) in [5, 5.41) is 18.1. The monoisotopic (exact) mass is 282 g/mol. The molecule has 0 aliphatic rings. The van der Waals surface area contributed by atoms with E-state index in [1.165, 1.54) is 12.1 Å². The minimum Gasteiger partial charge on any atom is -0.395 e. The molecule has 0 amide bonds. The van der Waals surface area contributed by atoms with Gasteiger partial charge >= 0.3 is 0 Å². The predicted octanol–water partition coefficient (Wildman–Crippen LogP) is 1.24. The van der Waals surface area contributed by atoms with Crippen molar-refractivity contribution >= 4 is 10.0 Å². The summed E-state index contributed by atoms with van der Waals surface area (Å²) in [6.45, 7) is 3.62. The first-order valence-electron chi connectivity index (χ1n) is 6.03. The molecule has 104 valence electrons. The van der Waals surface area contributed by atoms with E-state index in [1.54, 1.807) is 12.1 Å². The number of nitrogens with zero attached hydrogens (tertiary/aromatic N) is 1. The molecule has 1 unspecified atom stereocenters. The largest absolute Gasteiger partial charge is 0.395 e. The molecule has 0 heterocycles. The van der Waals surface area contributed by atoms with Crippen LogP contribution in [0, 0.1) is 17.2 Å². The van der Waals surface area contributed by atoms with Crippen molar-refractivity contribution in [1.29, 1.82) is 5.26 Å². The maximum absolute atomic E-state index is 12.2. The number of aliphatic hydroxyl groups is 1. The Labute approximate surface area is 113 Å². The van der Waals surface area contributed by atoms with E-state index in [-0.39, 0.29) is 23.0 Å². The average molecular weight is 282 g/mol. The Morgan fingerprint density at radius 2 is 2.00 bits per heavy atom. The molecule has 2 N–H and O–H groups in total. The van der Waals surface area contributed by atoms with E-state index >= 15 is 0 Å². The molecular formula is C13H18N2O3S. The molecule has 1 aromatic rings. The second-order valence-corrected chi connectivity index (χ2v) is 6.42.